The normalized spacial score (nSPS) is 10.6. The Labute approximate surface area is 139 Å². The van der Waals surface area contributed by atoms with Gasteiger partial charge in [0.05, 0.1) is 0 Å². The van der Waals surface area contributed by atoms with Crippen LogP contribution in [0.4, 0.5) is 5.13 Å². The summed E-state index contributed by atoms with van der Waals surface area (Å²) in [5.41, 5.74) is 0. The SMILES string of the molecule is Cc1nnc(NC(=O)COc2ccc3cc(Br)ccc3c2)s1. The molecule has 3 rings (SSSR count). The van der Waals surface area contributed by atoms with Crippen molar-refractivity contribution in [2.45, 2.75) is 6.92 Å². The lowest BCUT2D eigenvalue weighted by molar-refractivity contribution is -0.118. The summed E-state index contributed by atoms with van der Waals surface area (Å²) in [4.78, 5) is 11.8. The minimum atomic E-state index is -0.257. The van der Waals surface area contributed by atoms with Crippen molar-refractivity contribution in [1.29, 1.82) is 0 Å². The number of carbonyl (C=O) groups excluding carboxylic acids is 1. The first-order chi connectivity index (χ1) is 10.6. The van der Waals surface area contributed by atoms with Crippen LogP contribution in [-0.2, 0) is 4.79 Å². The molecule has 0 aliphatic rings. The van der Waals surface area contributed by atoms with E-state index in [4.69, 9.17) is 4.74 Å². The highest BCUT2D eigenvalue weighted by Gasteiger charge is 2.07. The van der Waals surface area contributed by atoms with Crippen molar-refractivity contribution in [3.8, 4) is 5.75 Å². The van der Waals surface area contributed by atoms with Crippen molar-refractivity contribution in [2.24, 2.45) is 0 Å². The first kappa shape index (κ1) is 14.9. The summed E-state index contributed by atoms with van der Waals surface area (Å²) in [6.07, 6.45) is 0. The van der Waals surface area contributed by atoms with E-state index in [1.165, 1.54) is 11.3 Å². The Kier molecular flexibility index (Phi) is 4.35. The first-order valence-corrected chi connectivity index (χ1v) is 8.13. The van der Waals surface area contributed by atoms with E-state index in [9.17, 15) is 4.79 Å². The van der Waals surface area contributed by atoms with Gasteiger partial charge >= 0.3 is 0 Å². The Morgan fingerprint density at radius 1 is 1.23 bits per heavy atom. The smallest absolute Gasteiger partial charge is 0.264 e. The predicted octanol–water partition coefficient (Wildman–Crippen LogP) is 3.78. The van der Waals surface area contributed by atoms with Crippen LogP contribution in [0.15, 0.2) is 40.9 Å². The monoisotopic (exact) mass is 377 g/mol. The van der Waals surface area contributed by atoms with Gasteiger partial charge in [0, 0.05) is 4.47 Å². The van der Waals surface area contributed by atoms with E-state index in [1.54, 1.807) is 0 Å². The van der Waals surface area contributed by atoms with Crippen molar-refractivity contribution < 1.29 is 9.53 Å². The van der Waals surface area contributed by atoms with Crippen LogP contribution in [0.5, 0.6) is 5.75 Å². The Hall–Kier alpha value is -1.99. The van der Waals surface area contributed by atoms with Gasteiger partial charge in [-0.15, -0.1) is 10.2 Å². The van der Waals surface area contributed by atoms with Gasteiger partial charge in [-0.1, -0.05) is 39.4 Å². The molecule has 0 fully saturated rings. The molecule has 112 valence electrons. The molecule has 0 unspecified atom stereocenters. The predicted molar refractivity (Wildman–Crippen MR) is 90.4 cm³/mol. The lowest BCUT2D eigenvalue weighted by Crippen LogP contribution is -2.20. The Balaban J connectivity index is 1.63. The molecule has 1 heterocycles. The van der Waals surface area contributed by atoms with Gasteiger partial charge in [-0.3, -0.25) is 10.1 Å². The summed E-state index contributed by atoms with van der Waals surface area (Å²) in [6, 6.07) is 11.7. The number of aromatic nitrogens is 2. The molecule has 3 aromatic rings. The van der Waals surface area contributed by atoms with Crippen LogP contribution < -0.4 is 10.1 Å². The average Bonchev–Trinajstić information content (AvgIpc) is 2.90. The third-order valence-electron chi connectivity index (χ3n) is 2.92. The van der Waals surface area contributed by atoms with Gasteiger partial charge in [-0.05, 0) is 42.0 Å². The molecule has 0 saturated carbocycles. The summed E-state index contributed by atoms with van der Waals surface area (Å²) < 4.78 is 6.55. The van der Waals surface area contributed by atoms with Crippen molar-refractivity contribution in [1.82, 2.24) is 10.2 Å². The minimum absolute atomic E-state index is 0.0688. The molecule has 0 radical (unpaired) electrons. The number of ether oxygens (including phenoxy) is 1. The number of carbonyl (C=O) groups is 1. The standard InChI is InChI=1S/C15H12BrN3O2S/c1-9-18-19-15(22-9)17-14(20)8-21-13-5-3-10-6-12(16)4-2-11(10)7-13/h2-7H,8H2,1H3,(H,17,19,20). The third-order valence-corrected chi connectivity index (χ3v) is 4.16. The van der Waals surface area contributed by atoms with Gasteiger partial charge < -0.3 is 4.74 Å². The number of halogens is 1. The molecule has 0 saturated heterocycles. The van der Waals surface area contributed by atoms with Crippen LogP contribution in [0, 0.1) is 6.92 Å². The fourth-order valence-electron chi connectivity index (χ4n) is 1.94. The van der Waals surface area contributed by atoms with Gasteiger partial charge in [0.2, 0.25) is 5.13 Å². The summed E-state index contributed by atoms with van der Waals surface area (Å²) in [5, 5.41) is 13.8. The second-order valence-electron chi connectivity index (χ2n) is 4.62. The number of benzene rings is 2. The number of nitrogens with zero attached hydrogens (tertiary/aromatic N) is 2. The lowest BCUT2D eigenvalue weighted by Gasteiger charge is -2.07. The zero-order valence-corrected chi connectivity index (χ0v) is 14.1. The second-order valence-corrected chi connectivity index (χ2v) is 6.71. The fraction of sp³-hybridized carbons (Fsp3) is 0.133. The number of hydrogen-bond donors (Lipinski definition) is 1. The van der Waals surface area contributed by atoms with Crippen molar-refractivity contribution in [3.63, 3.8) is 0 Å². The number of nitrogens with one attached hydrogen (secondary N) is 1. The van der Waals surface area contributed by atoms with E-state index >= 15 is 0 Å². The first-order valence-electron chi connectivity index (χ1n) is 6.52. The van der Waals surface area contributed by atoms with E-state index in [2.05, 4.69) is 31.4 Å². The molecule has 1 aromatic heterocycles. The van der Waals surface area contributed by atoms with Crippen LogP contribution in [0.1, 0.15) is 5.01 Å². The van der Waals surface area contributed by atoms with Gasteiger partial charge in [0.1, 0.15) is 10.8 Å². The van der Waals surface area contributed by atoms with Crippen molar-refractivity contribution >= 4 is 49.1 Å². The molecule has 0 aliphatic carbocycles. The highest BCUT2D eigenvalue weighted by Crippen LogP contribution is 2.24. The lowest BCUT2D eigenvalue weighted by atomic mass is 10.1. The number of hydrogen-bond acceptors (Lipinski definition) is 5. The number of aryl methyl sites for hydroxylation is 1. The third kappa shape index (κ3) is 3.61. The number of fused-ring (bicyclic) bond motifs is 1. The molecule has 7 heteroatoms. The second kappa shape index (κ2) is 6.41. The number of rotatable bonds is 4. The van der Waals surface area contributed by atoms with Crippen molar-refractivity contribution in [3.05, 3.63) is 45.9 Å². The molecular formula is C15H12BrN3O2S. The maximum atomic E-state index is 11.8. The van der Waals surface area contributed by atoms with Crippen LogP contribution in [0.25, 0.3) is 10.8 Å². The van der Waals surface area contributed by atoms with Gasteiger partial charge in [0.25, 0.3) is 5.91 Å². The average molecular weight is 378 g/mol. The summed E-state index contributed by atoms with van der Waals surface area (Å²) >= 11 is 4.77. The van der Waals surface area contributed by atoms with Gasteiger partial charge in [-0.25, -0.2) is 0 Å². The topological polar surface area (TPSA) is 64.1 Å². The van der Waals surface area contributed by atoms with Crippen molar-refractivity contribution in [2.75, 3.05) is 11.9 Å². The van der Waals surface area contributed by atoms with E-state index < -0.39 is 0 Å². The number of amides is 1. The van der Waals surface area contributed by atoms with Crippen LogP contribution in [0.2, 0.25) is 0 Å². The van der Waals surface area contributed by atoms with E-state index in [0.717, 1.165) is 20.3 Å². The quantitative estimate of drug-likeness (QED) is 0.751. The summed E-state index contributed by atoms with van der Waals surface area (Å²) in [6.45, 7) is 1.76. The zero-order valence-electron chi connectivity index (χ0n) is 11.7. The van der Waals surface area contributed by atoms with Crippen LogP contribution in [0.3, 0.4) is 0 Å². The van der Waals surface area contributed by atoms with E-state index in [-0.39, 0.29) is 12.5 Å². The van der Waals surface area contributed by atoms with Gasteiger partial charge in [-0.2, -0.15) is 0 Å². The molecule has 22 heavy (non-hydrogen) atoms. The minimum Gasteiger partial charge on any atom is -0.484 e. The van der Waals surface area contributed by atoms with Crippen LogP contribution in [-0.4, -0.2) is 22.7 Å². The molecule has 0 atom stereocenters. The fourth-order valence-corrected chi connectivity index (χ4v) is 2.92. The van der Waals surface area contributed by atoms with Crippen LogP contribution >= 0.6 is 27.3 Å². The molecule has 0 bridgehead atoms. The maximum Gasteiger partial charge on any atom is 0.264 e. The molecule has 0 spiro atoms. The molecule has 1 N–H and O–H groups in total. The Morgan fingerprint density at radius 3 is 2.77 bits per heavy atom. The Bertz CT molecular complexity index is 835. The molecular weight excluding hydrogens is 366 g/mol. The zero-order chi connectivity index (χ0) is 15.5. The highest BCUT2D eigenvalue weighted by atomic mass is 79.9. The molecule has 5 nitrogen and oxygen atoms in total. The summed E-state index contributed by atoms with van der Waals surface area (Å²) in [5.74, 6) is 0.394. The molecule has 0 aliphatic heterocycles. The van der Waals surface area contributed by atoms with E-state index in [1.807, 2.05) is 43.3 Å². The molecule has 2 aromatic carbocycles. The Morgan fingerprint density at radius 2 is 2.00 bits per heavy atom. The largest absolute Gasteiger partial charge is 0.484 e. The molecule has 1 amide bonds. The highest BCUT2D eigenvalue weighted by molar-refractivity contribution is 9.10. The summed E-state index contributed by atoms with van der Waals surface area (Å²) in [7, 11) is 0. The number of anilines is 1. The van der Waals surface area contributed by atoms with E-state index in [0.29, 0.717) is 10.9 Å². The maximum absolute atomic E-state index is 11.8. The van der Waals surface area contributed by atoms with Gasteiger partial charge in [0.15, 0.2) is 6.61 Å².